The fourth-order valence-corrected chi connectivity index (χ4v) is 6.07. The van der Waals surface area contributed by atoms with Gasteiger partial charge in [-0.1, -0.05) is 30.3 Å². The number of rotatable bonds is 11. The lowest BCUT2D eigenvalue weighted by Gasteiger charge is -2.36. The standard InChI is InChI=1S/C26H30N4O7S2/c1-38(33,34)30-15-13-29(14-16-30)25(26(31)32)18-28-39(35,36)23-9-7-22(8-10-23)37-19-20-11-12-27-24(17-20)21-5-3-2-4-6-21/h2-12,17,25,28H,13-16,18-19H2,1H3,(H,31,32). The molecule has 2 N–H and O–H groups in total. The normalized spacial score (nSPS) is 16.0. The average molecular weight is 575 g/mol. The van der Waals surface area contributed by atoms with Crippen LogP contribution in [0.25, 0.3) is 11.3 Å². The smallest absolute Gasteiger partial charge is 0.322 e. The average Bonchev–Trinajstić information content (AvgIpc) is 2.92. The van der Waals surface area contributed by atoms with Crippen molar-refractivity contribution >= 4 is 26.0 Å². The van der Waals surface area contributed by atoms with Crippen LogP contribution in [0, 0.1) is 0 Å². The summed E-state index contributed by atoms with van der Waals surface area (Å²) in [6.45, 7) is 0.554. The number of benzene rings is 2. The summed E-state index contributed by atoms with van der Waals surface area (Å²) in [7, 11) is -7.36. The van der Waals surface area contributed by atoms with Crippen LogP contribution in [0.15, 0.2) is 77.8 Å². The summed E-state index contributed by atoms with van der Waals surface area (Å²) < 4.78 is 58.5. The number of pyridine rings is 1. The fourth-order valence-electron chi connectivity index (χ4n) is 4.20. The van der Waals surface area contributed by atoms with Crippen molar-refractivity contribution in [3.63, 3.8) is 0 Å². The number of nitrogens with zero attached hydrogens (tertiary/aromatic N) is 3. The molecule has 1 aliphatic heterocycles. The van der Waals surface area contributed by atoms with Crippen LogP contribution in [0.3, 0.4) is 0 Å². The van der Waals surface area contributed by atoms with E-state index in [9.17, 15) is 26.7 Å². The number of ether oxygens (including phenoxy) is 1. The Balaban J connectivity index is 1.33. The molecular weight excluding hydrogens is 544 g/mol. The van der Waals surface area contributed by atoms with Crippen molar-refractivity contribution in [3.8, 4) is 17.0 Å². The molecule has 0 radical (unpaired) electrons. The lowest BCUT2D eigenvalue weighted by Crippen LogP contribution is -2.56. The third-order valence-corrected chi connectivity index (χ3v) is 9.11. The third-order valence-electron chi connectivity index (χ3n) is 6.37. The molecule has 11 nitrogen and oxygen atoms in total. The van der Waals surface area contributed by atoms with Gasteiger partial charge in [0.25, 0.3) is 0 Å². The van der Waals surface area contributed by atoms with Crippen LogP contribution in [0.5, 0.6) is 5.75 Å². The number of carboxylic acids is 1. The monoisotopic (exact) mass is 574 g/mol. The van der Waals surface area contributed by atoms with Crippen molar-refractivity contribution in [2.24, 2.45) is 0 Å². The molecule has 0 aliphatic carbocycles. The number of piperazine rings is 1. The Morgan fingerprint density at radius 2 is 1.67 bits per heavy atom. The summed E-state index contributed by atoms with van der Waals surface area (Å²) in [5.41, 5.74) is 2.71. The number of carboxylic acid groups (broad SMARTS) is 1. The zero-order valence-electron chi connectivity index (χ0n) is 21.3. The van der Waals surface area contributed by atoms with E-state index in [-0.39, 0.29) is 44.2 Å². The number of sulfonamides is 2. The summed E-state index contributed by atoms with van der Waals surface area (Å²) in [4.78, 5) is 17.8. The summed E-state index contributed by atoms with van der Waals surface area (Å²) in [5.74, 6) is -0.722. The SMILES string of the molecule is CS(=O)(=O)N1CCN(C(CNS(=O)(=O)c2ccc(OCc3ccnc(-c4ccccc4)c3)cc2)C(=O)O)CC1. The van der Waals surface area contributed by atoms with Gasteiger partial charge >= 0.3 is 5.97 Å². The second-order valence-electron chi connectivity index (χ2n) is 9.08. The van der Waals surface area contributed by atoms with Crippen LogP contribution in [0.2, 0.25) is 0 Å². The molecule has 2 heterocycles. The van der Waals surface area contributed by atoms with Gasteiger partial charge in [-0.05, 0) is 42.0 Å². The van der Waals surface area contributed by atoms with Gasteiger partial charge in [0.05, 0.1) is 16.8 Å². The number of hydrogen-bond acceptors (Lipinski definition) is 8. The molecule has 0 amide bonds. The maximum Gasteiger partial charge on any atom is 0.322 e. The van der Waals surface area contributed by atoms with Crippen molar-refractivity contribution in [1.29, 1.82) is 0 Å². The molecule has 1 saturated heterocycles. The first-order valence-electron chi connectivity index (χ1n) is 12.2. The van der Waals surface area contributed by atoms with E-state index in [0.717, 1.165) is 23.1 Å². The van der Waals surface area contributed by atoms with E-state index in [2.05, 4.69) is 9.71 Å². The van der Waals surface area contributed by atoms with Crippen molar-refractivity contribution in [2.45, 2.75) is 17.5 Å². The highest BCUT2D eigenvalue weighted by atomic mass is 32.2. The molecule has 1 unspecified atom stereocenters. The molecule has 208 valence electrons. The highest BCUT2D eigenvalue weighted by molar-refractivity contribution is 7.89. The van der Waals surface area contributed by atoms with E-state index >= 15 is 0 Å². The second-order valence-corrected chi connectivity index (χ2v) is 12.8. The van der Waals surface area contributed by atoms with Gasteiger partial charge in [-0.25, -0.2) is 21.6 Å². The Labute approximate surface area is 228 Å². The maximum atomic E-state index is 12.8. The Morgan fingerprint density at radius 1 is 1.00 bits per heavy atom. The Morgan fingerprint density at radius 3 is 2.28 bits per heavy atom. The third kappa shape index (κ3) is 7.61. The highest BCUT2D eigenvalue weighted by Gasteiger charge is 2.32. The van der Waals surface area contributed by atoms with Crippen molar-refractivity contribution in [1.82, 2.24) is 18.9 Å². The number of aromatic nitrogens is 1. The van der Waals surface area contributed by atoms with E-state index in [0.29, 0.717) is 5.75 Å². The molecular formula is C26H30N4O7S2. The van der Waals surface area contributed by atoms with Gasteiger partial charge in [-0.15, -0.1) is 0 Å². The van der Waals surface area contributed by atoms with E-state index in [1.807, 2.05) is 42.5 Å². The number of hydrogen-bond donors (Lipinski definition) is 2. The van der Waals surface area contributed by atoms with E-state index in [1.54, 1.807) is 11.1 Å². The summed E-state index contributed by atoms with van der Waals surface area (Å²) in [6.07, 6.45) is 2.81. The molecule has 13 heteroatoms. The number of nitrogens with one attached hydrogen (secondary N) is 1. The molecule has 0 bridgehead atoms. The molecule has 1 aromatic heterocycles. The summed E-state index contributed by atoms with van der Waals surface area (Å²) in [5, 5.41) is 9.66. The molecule has 1 atom stereocenters. The van der Waals surface area contributed by atoms with Gasteiger partial charge < -0.3 is 9.84 Å². The van der Waals surface area contributed by atoms with Gasteiger partial charge in [0.1, 0.15) is 18.4 Å². The molecule has 0 saturated carbocycles. The van der Waals surface area contributed by atoms with Gasteiger partial charge in [-0.3, -0.25) is 14.7 Å². The quantitative estimate of drug-likeness (QED) is 0.349. The molecule has 4 rings (SSSR count). The van der Waals surface area contributed by atoms with Crippen LogP contribution >= 0.6 is 0 Å². The number of carbonyl (C=O) groups is 1. The van der Waals surface area contributed by atoms with Gasteiger partial charge in [-0.2, -0.15) is 4.31 Å². The summed E-state index contributed by atoms with van der Waals surface area (Å²) >= 11 is 0. The molecule has 1 fully saturated rings. The zero-order valence-corrected chi connectivity index (χ0v) is 22.9. The van der Waals surface area contributed by atoms with Crippen LogP contribution in [-0.2, 0) is 31.4 Å². The largest absolute Gasteiger partial charge is 0.489 e. The lowest BCUT2D eigenvalue weighted by molar-refractivity contribution is -0.143. The van der Waals surface area contributed by atoms with Gasteiger partial charge in [0.15, 0.2) is 0 Å². The van der Waals surface area contributed by atoms with Gasteiger partial charge in [0.2, 0.25) is 20.0 Å². The predicted octanol–water partition coefficient (Wildman–Crippen LogP) is 1.64. The van der Waals surface area contributed by atoms with Crippen LogP contribution in [-0.4, -0.2) is 87.1 Å². The first-order valence-corrected chi connectivity index (χ1v) is 15.5. The van der Waals surface area contributed by atoms with E-state index in [1.165, 1.54) is 28.6 Å². The lowest BCUT2D eigenvalue weighted by atomic mass is 10.1. The topological polar surface area (TPSA) is 146 Å². The van der Waals surface area contributed by atoms with Gasteiger partial charge in [0, 0.05) is 44.5 Å². The second kappa shape index (κ2) is 12.2. The van der Waals surface area contributed by atoms with Crippen LogP contribution < -0.4 is 9.46 Å². The van der Waals surface area contributed by atoms with Crippen LogP contribution in [0.1, 0.15) is 5.56 Å². The molecule has 2 aromatic carbocycles. The molecule has 1 aliphatic rings. The van der Waals surface area contributed by atoms with Crippen molar-refractivity contribution in [3.05, 3.63) is 78.5 Å². The Hall–Kier alpha value is -3.36. The minimum atomic E-state index is -3.99. The minimum Gasteiger partial charge on any atom is -0.489 e. The fraction of sp³-hybridized carbons (Fsp3) is 0.308. The molecule has 0 spiro atoms. The summed E-state index contributed by atoms with van der Waals surface area (Å²) in [6, 6.07) is 18.2. The Kier molecular flexibility index (Phi) is 8.97. The van der Waals surface area contributed by atoms with E-state index < -0.39 is 32.1 Å². The van der Waals surface area contributed by atoms with E-state index in [4.69, 9.17) is 4.74 Å². The Bertz CT molecular complexity index is 1490. The van der Waals surface area contributed by atoms with Crippen molar-refractivity contribution < 1.29 is 31.5 Å². The first kappa shape index (κ1) is 28.6. The maximum absolute atomic E-state index is 12.8. The van der Waals surface area contributed by atoms with Crippen LogP contribution in [0.4, 0.5) is 0 Å². The molecule has 39 heavy (non-hydrogen) atoms. The first-order chi connectivity index (χ1) is 18.5. The zero-order chi connectivity index (χ0) is 28.0. The predicted molar refractivity (Wildman–Crippen MR) is 145 cm³/mol. The highest BCUT2D eigenvalue weighted by Crippen LogP contribution is 2.20. The van der Waals surface area contributed by atoms with Crippen molar-refractivity contribution in [2.75, 3.05) is 39.0 Å². The minimum absolute atomic E-state index is 0.0313. The number of aliphatic carboxylic acids is 1. The molecule has 3 aromatic rings.